The maximum Gasteiger partial charge on any atom is 0.330 e. The van der Waals surface area contributed by atoms with Crippen molar-refractivity contribution >= 4 is 120 Å². The predicted octanol–water partition coefficient (Wildman–Crippen LogP) is 9.50. The zero-order valence-corrected chi connectivity index (χ0v) is 87.8. The first-order chi connectivity index (χ1) is 69.9. The summed E-state index contributed by atoms with van der Waals surface area (Å²) in [5.74, 6) is -4.97. The zero-order chi connectivity index (χ0) is 108. The van der Waals surface area contributed by atoms with Gasteiger partial charge in [-0.2, -0.15) is 0 Å². The van der Waals surface area contributed by atoms with Crippen LogP contribution < -0.4 is 107 Å². The molecule has 46 heteroatoms. The first kappa shape index (κ1) is 132. The minimum Gasteiger partial charge on any atom is -0.463 e. The highest BCUT2D eigenvalue weighted by molar-refractivity contribution is 6.02. The van der Waals surface area contributed by atoms with Gasteiger partial charge >= 0.3 is 90.1 Å². The summed E-state index contributed by atoms with van der Waals surface area (Å²) in [7, 11) is 1.84. The molecule has 0 fully saturated rings. The van der Waals surface area contributed by atoms with Crippen molar-refractivity contribution in [1.82, 2.24) is 95.7 Å². The van der Waals surface area contributed by atoms with E-state index in [1.807, 2.05) is 90.9 Å². The summed E-state index contributed by atoms with van der Waals surface area (Å²) < 4.78 is 32.6. The molecule has 0 aliphatic carbocycles. The van der Waals surface area contributed by atoms with Crippen molar-refractivity contribution in [3.8, 4) is 0 Å². The van der Waals surface area contributed by atoms with Crippen molar-refractivity contribution in [2.75, 3.05) is 92.5 Å². The van der Waals surface area contributed by atoms with Crippen LogP contribution >= 0.6 is 0 Å². The van der Waals surface area contributed by atoms with Crippen LogP contribution in [0.5, 0.6) is 0 Å². The number of rotatable bonds is 81. The maximum atomic E-state index is 13.4. The van der Waals surface area contributed by atoms with Gasteiger partial charge in [0, 0.05) is 121 Å². The number of esters is 6. The van der Waals surface area contributed by atoms with Crippen LogP contribution in [-0.2, 0) is 87.7 Å². The molecule has 0 aromatic heterocycles. The van der Waals surface area contributed by atoms with E-state index < -0.39 is 138 Å². The molecule has 0 radical (unpaired) electrons. The fourth-order valence-electron chi connectivity index (χ4n) is 14.1. The zero-order valence-electron chi connectivity index (χ0n) is 87.8. The number of carbonyl (C=O) groups is 20. The number of amides is 23. The molecular weight excluding hydrogens is 1900 g/mol. The molecule has 0 spiro atoms. The van der Waals surface area contributed by atoms with E-state index >= 15 is 0 Å². The number of imide groups is 6. The molecule has 1 aromatic rings. The van der Waals surface area contributed by atoms with Gasteiger partial charge in [0.2, 0.25) is 29.5 Å². The van der Waals surface area contributed by atoms with Gasteiger partial charge in [-0.3, -0.25) is 84.6 Å². The Morgan fingerprint density at radius 3 is 0.938 bits per heavy atom. The van der Waals surface area contributed by atoms with Crippen LogP contribution in [0.25, 0.3) is 0 Å². The molecule has 22 N–H and O–H groups in total. The average Bonchev–Trinajstić information content (AvgIpc) is 0.886. The Morgan fingerprint density at radius 2 is 0.610 bits per heavy atom. The van der Waals surface area contributed by atoms with Crippen molar-refractivity contribution in [3.63, 3.8) is 0 Å². The maximum absolute atomic E-state index is 13.4. The SMILES string of the molecule is CCCCCCNC(=O)NC(=O)NC(=O)NCCCCCCCC(=O)OCC(COC(=O)CCCCCCCNC(=O)NC(=O)NC(=O)NCCCCCCCC(=O)OCC(COC(=O)CCCCCCCNC(=O)NC(=O)NC(=O)NCCCCCCCC(=O)OCC(COC(=O)CC)NC(=O)C(N)CCCCNC)NC(=O)CCC(C)(N)CCC(C)C(=O)NC(C)C)NC(=O)CCCC(=O)NCc1ccc(C)cc1. The number of nitrogens with one attached hydrogen (secondary N) is 18. The fourth-order valence-corrected chi connectivity index (χ4v) is 14.1. The number of nitrogens with two attached hydrogens (primary N) is 2. The quantitative estimate of drug-likeness (QED) is 0.0164. The van der Waals surface area contributed by atoms with Crippen molar-refractivity contribution in [3.05, 3.63) is 35.4 Å². The van der Waals surface area contributed by atoms with E-state index in [-0.39, 0.29) is 167 Å². The highest BCUT2D eigenvalue weighted by atomic mass is 16.6. The Labute approximate surface area is 860 Å². The summed E-state index contributed by atoms with van der Waals surface area (Å²) in [6.07, 6.45) is 23.4. The van der Waals surface area contributed by atoms with Gasteiger partial charge < -0.3 is 104 Å². The van der Waals surface area contributed by atoms with E-state index in [1.54, 1.807) is 13.8 Å². The predicted molar refractivity (Wildman–Crippen MR) is 546 cm³/mol. The highest BCUT2D eigenvalue weighted by Gasteiger charge is 2.28. The van der Waals surface area contributed by atoms with Gasteiger partial charge in [-0.1, -0.05) is 173 Å². The minimum atomic E-state index is -1.05. The summed E-state index contributed by atoms with van der Waals surface area (Å²) in [5.41, 5.74) is 13.8. The Bertz CT molecular complexity index is 4020. The number of aryl methyl sites for hydroxylation is 1. The Morgan fingerprint density at radius 1 is 0.308 bits per heavy atom. The van der Waals surface area contributed by atoms with Crippen molar-refractivity contribution in [2.24, 2.45) is 17.4 Å². The molecule has 46 nitrogen and oxygen atoms in total. The molecule has 1 aromatic carbocycles. The van der Waals surface area contributed by atoms with Gasteiger partial charge in [0.25, 0.3) is 0 Å². The summed E-state index contributed by atoms with van der Waals surface area (Å²) >= 11 is 0. The van der Waals surface area contributed by atoms with E-state index in [0.29, 0.717) is 180 Å². The average molecular weight is 2070 g/mol. The summed E-state index contributed by atoms with van der Waals surface area (Å²) in [4.78, 5) is 250. The second kappa shape index (κ2) is 85.0. The number of ether oxygens (including phenoxy) is 6. The van der Waals surface area contributed by atoms with Gasteiger partial charge in [-0.05, 0) is 156 Å². The number of hydrogen-bond acceptors (Lipinski definition) is 29. The van der Waals surface area contributed by atoms with Crippen LogP contribution in [0.4, 0.5) is 43.2 Å². The first-order valence-corrected chi connectivity index (χ1v) is 52.4. The molecule has 0 aliphatic rings. The lowest BCUT2D eigenvalue weighted by Gasteiger charge is -2.26. The van der Waals surface area contributed by atoms with Crippen LogP contribution in [0, 0.1) is 12.8 Å². The highest BCUT2D eigenvalue weighted by Crippen LogP contribution is 2.21. The normalized spacial score (nSPS) is 12.3. The second-order valence-electron chi connectivity index (χ2n) is 37.2. The van der Waals surface area contributed by atoms with E-state index in [1.165, 1.54) is 0 Å². The molecule has 146 heavy (non-hydrogen) atoms. The van der Waals surface area contributed by atoms with Crippen molar-refractivity contribution < 1.29 is 124 Å². The van der Waals surface area contributed by atoms with Crippen LogP contribution in [0.2, 0.25) is 0 Å². The van der Waals surface area contributed by atoms with Crippen LogP contribution in [0.15, 0.2) is 24.3 Å². The Kier molecular flexibility index (Phi) is 76.8. The lowest BCUT2D eigenvalue weighted by Crippen LogP contribution is -2.49. The van der Waals surface area contributed by atoms with Crippen molar-refractivity contribution in [2.45, 2.75) is 380 Å². The largest absolute Gasteiger partial charge is 0.463 e. The Balaban J connectivity index is 2.47. The second-order valence-corrected chi connectivity index (χ2v) is 37.2. The molecule has 830 valence electrons. The molecule has 0 aliphatic heterocycles. The van der Waals surface area contributed by atoms with Crippen LogP contribution in [-0.4, -0.2) is 248 Å². The number of benzene rings is 1. The third-order valence-corrected chi connectivity index (χ3v) is 22.8. The van der Waals surface area contributed by atoms with E-state index in [0.717, 1.165) is 69.0 Å². The van der Waals surface area contributed by atoms with E-state index in [2.05, 4.69) is 70.7 Å². The van der Waals surface area contributed by atoms with Crippen LogP contribution in [0.3, 0.4) is 0 Å². The van der Waals surface area contributed by atoms with Gasteiger partial charge in [-0.25, -0.2) is 43.2 Å². The van der Waals surface area contributed by atoms with Crippen molar-refractivity contribution in [1.29, 1.82) is 0 Å². The molecule has 6 unspecified atom stereocenters. The molecular formula is C100H174N20O26. The third kappa shape index (κ3) is 79.2. The molecule has 6 atom stereocenters. The monoisotopic (exact) mass is 2070 g/mol. The first-order valence-electron chi connectivity index (χ1n) is 52.4. The summed E-state index contributed by atoms with van der Waals surface area (Å²) in [6, 6.07) is -3.34. The lowest BCUT2D eigenvalue weighted by molar-refractivity contribution is -0.150. The summed E-state index contributed by atoms with van der Waals surface area (Å²) in [6.45, 7) is 14.2. The summed E-state index contributed by atoms with van der Waals surface area (Å²) in [5, 5.41) is 44.6. The number of carbonyl (C=O) groups excluding carboxylic acids is 20. The number of hydrogen-bond donors (Lipinski definition) is 20. The van der Waals surface area contributed by atoms with Gasteiger partial charge in [0.15, 0.2) is 0 Å². The minimum absolute atomic E-state index is 0.00286. The van der Waals surface area contributed by atoms with Gasteiger partial charge in [0.05, 0.1) is 24.2 Å². The topological polar surface area (TPSA) is 665 Å². The fraction of sp³-hybridized carbons (Fsp3) is 0.740. The lowest BCUT2D eigenvalue weighted by atomic mass is 9.88. The number of unbranched alkanes of at least 4 members (excludes halogenated alkanes) is 24. The van der Waals surface area contributed by atoms with E-state index in [9.17, 15) is 95.9 Å². The molecule has 1 rings (SSSR count). The third-order valence-electron chi connectivity index (χ3n) is 22.8. The standard InChI is InChI=1S/C100H174N20O26/c1-9-11-12-34-59-104-91(132)115-97(138)116-92(133)105-60-35-23-13-18-28-45-84(125)142-66-76(112-81(122)44-41-43-80(121)110-65-75-52-50-73(5)51-53-75)67-143-85(126)46-29-19-14-24-36-61-106-93(134)117-98(139)118-94(135)107-62-37-25-15-20-30-47-86(127)144-68-77(113-82(123)55-57-100(7,102)56-54-74(6)89(130)111-72(3)4)69-145-87(128)48-31-21-16-26-38-63-108-95(136)119-99(140)120-96(137)109-64-39-27-17-22-32-49-88(129)146-71-78(70-141-83(124)10-2)114-90(131)79(101)42-33-40-58-103-8/h50-53,72,74,76-79,103H,9-49,54-71,101-102H2,1-8H3,(H,110,121)(H,111,130)(H,112,122)(H,113,123)(H,114,131)(H4,104,105,115,116,132,133,138)(H4,106,107,117,118,134,135,139)(H4,108,109,119,120,136,137,140). The molecule has 0 heterocycles. The molecule has 0 saturated carbocycles. The molecule has 0 saturated heterocycles. The van der Waals surface area contributed by atoms with Gasteiger partial charge in [0.1, 0.15) is 39.6 Å². The number of urea groups is 9. The van der Waals surface area contributed by atoms with E-state index in [4.69, 9.17) is 39.9 Å². The Hall–Kier alpha value is -12.1. The van der Waals surface area contributed by atoms with Crippen LogP contribution in [0.1, 0.15) is 342 Å². The molecule has 0 bridgehead atoms. The van der Waals surface area contributed by atoms with Gasteiger partial charge in [-0.15, -0.1) is 0 Å². The molecule has 23 amide bonds. The smallest absolute Gasteiger partial charge is 0.330 e.